The zero-order valence-corrected chi connectivity index (χ0v) is 51.3. The molecule has 342 valence electrons. The summed E-state index contributed by atoms with van der Waals surface area (Å²) in [6.45, 7) is 13.8. The zero-order valence-electron chi connectivity index (χ0n) is 35.6. The summed E-state index contributed by atoms with van der Waals surface area (Å²) in [6.07, 6.45) is 0.419. The Morgan fingerprint density at radius 2 is 0.864 bits per heavy atom. The standard InChI is InChI=1S/C25H66O20Si14/c1-25(2,3)57(5,6)56(35)55(34)54(33)53(32)52(31)51(30)50(29)49-45-58(7,59(47-27,48-28)44-46-26)24-8-9-37-12-13-39-16-17-41-20-21-43-23-22-42-19-18-40-15-14-38-11-10-36-4/h26-28H,8-24,46-49H2,1-7H3. The molecule has 0 heterocycles. The Kier molecular flexibility index (Phi) is 34.2. The molecular weight excluding hydrogens is 1010 g/mol. The van der Waals surface area contributed by atoms with Gasteiger partial charge in [0.15, 0.2) is 26.4 Å². The van der Waals surface area contributed by atoms with E-state index in [1.807, 2.05) is 20.8 Å². The van der Waals surface area contributed by atoms with E-state index in [1.165, 1.54) is 0 Å². The van der Waals surface area contributed by atoms with Crippen molar-refractivity contribution in [3.8, 4) is 0 Å². The Hall–Kier alpha value is 1.12. The van der Waals surface area contributed by atoms with E-state index in [1.54, 1.807) is 26.8 Å². The molecule has 0 spiro atoms. The summed E-state index contributed by atoms with van der Waals surface area (Å²) in [5.74, 6) is 0. The SMILES string of the molecule is COCCOCCOCCOCCOCCOCCOCCOCCC[Si](C)(O[SiH2][Si](=O)[Si](=O)[Si](=O)[Si](=O)[Si](=O)[Si](=O)[Si](=O)[Si](C)(C)C(C)(C)C)[Si](O[SiH2]O)([SiH2]O)[SiH2]O. The highest BCUT2D eigenvalue weighted by molar-refractivity contribution is 7.76. The van der Waals surface area contributed by atoms with Gasteiger partial charge in [0.05, 0.1) is 92.5 Å². The first-order valence-corrected chi connectivity index (χ1v) is 54.7. The highest BCUT2D eigenvalue weighted by atomic mass is 30.0. The Bertz CT molecular complexity index is 1320. The summed E-state index contributed by atoms with van der Waals surface area (Å²) in [5, 5.41) is -0.454. The van der Waals surface area contributed by atoms with E-state index < -0.39 is 119 Å². The molecule has 0 radical (unpaired) electrons. The van der Waals surface area contributed by atoms with Gasteiger partial charge in [0.25, 0.3) is 10.0 Å². The van der Waals surface area contributed by atoms with E-state index in [0.29, 0.717) is 98.4 Å². The normalized spacial score (nSPS) is 14.9. The lowest BCUT2D eigenvalue weighted by Gasteiger charge is -2.42. The van der Waals surface area contributed by atoms with Gasteiger partial charge in [-0.25, -0.2) is 0 Å². The van der Waals surface area contributed by atoms with Gasteiger partial charge in [-0.15, -0.1) is 0 Å². The van der Waals surface area contributed by atoms with Crippen molar-refractivity contribution in [2.75, 3.05) is 106 Å². The van der Waals surface area contributed by atoms with Gasteiger partial charge >= 0.3 is 54.0 Å². The van der Waals surface area contributed by atoms with Crippen LogP contribution >= 0.6 is 0 Å². The Labute approximate surface area is 367 Å². The molecule has 0 aromatic heterocycles. The van der Waals surface area contributed by atoms with E-state index >= 15 is 0 Å². The summed E-state index contributed by atoms with van der Waals surface area (Å²) in [5.41, 5.74) is 0. The summed E-state index contributed by atoms with van der Waals surface area (Å²) < 4.78 is 147. The van der Waals surface area contributed by atoms with E-state index in [-0.39, 0.29) is 13.2 Å². The van der Waals surface area contributed by atoms with E-state index in [9.17, 15) is 45.6 Å². The van der Waals surface area contributed by atoms with Gasteiger partial charge in [-0.3, -0.25) is 0 Å². The second-order valence-corrected chi connectivity index (χ2v) is 90.3. The van der Waals surface area contributed by atoms with E-state index in [0.717, 1.165) is 0 Å². The first kappa shape index (κ1) is 60.1. The number of hydrogen-bond acceptors (Lipinski definition) is 20. The Morgan fingerprint density at radius 3 is 1.22 bits per heavy atom. The van der Waals surface area contributed by atoms with Crippen LogP contribution in [-0.4, -0.2) is 235 Å². The molecule has 0 saturated carbocycles. The van der Waals surface area contributed by atoms with Crippen LogP contribution in [0.2, 0.25) is 30.7 Å². The van der Waals surface area contributed by atoms with Gasteiger partial charge in [-0.2, -0.15) is 0 Å². The average Bonchev–Trinajstić information content (AvgIpc) is 3.21. The molecular formula is C25H66O20Si14. The molecule has 1 atom stereocenters. The number of methoxy groups -OCH3 is 1. The molecule has 0 saturated heterocycles. The van der Waals surface area contributed by atoms with Crippen LogP contribution in [0.4, 0.5) is 0 Å². The van der Waals surface area contributed by atoms with E-state index in [2.05, 4.69) is 0 Å². The zero-order chi connectivity index (χ0) is 45.0. The van der Waals surface area contributed by atoms with Gasteiger partial charge in [-0.1, -0.05) is 33.9 Å². The fourth-order valence-electron chi connectivity index (χ4n) is 4.71. The molecule has 3 N–H and O–H groups in total. The van der Waals surface area contributed by atoms with Crippen LogP contribution in [0, 0.1) is 0 Å². The van der Waals surface area contributed by atoms with Crippen LogP contribution < -0.4 is 0 Å². The number of ether oxygens (including phenoxy) is 8. The van der Waals surface area contributed by atoms with Crippen molar-refractivity contribution < 1.29 is 91.7 Å². The lowest BCUT2D eigenvalue weighted by molar-refractivity contribution is -0.0221. The predicted molar refractivity (Wildman–Crippen MR) is 240 cm³/mol. The highest BCUT2D eigenvalue weighted by Crippen LogP contribution is 2.35. The maximum absolute atomic E-state index is 13.2. The van der Waals surface area contributed by atoms with Crippen LogP contribution in [0.25, 0.3) is 0 Å². The molecule has 0 aromatic carbocycles. The monoisotopic (exact) mass is 1080 g/mol. The van der Waals surface area contributed by atoms with Gasteiger partial charge in [0, 0.05) is 13.7 Å². The van der Waals surface area contributed by atoms with Crippen molar-refractivity contribution >= 4 is 114 Å². The minimum Gasteiger partial charge on any atom is -0.458 e. The molecule has 0 amide bonds. The second-order valence-electron chi connectivity index (χ2n) is 14.8. The first-order valence-electron chi connectivity index (χ1n) is 19.3. The molecule has 0 aliphatic heterocycles. The molecule has 0 bridgehead atoms. The third-order valence-electron chi connectivity index (χ3n) is 9.67. The first-order chi connectivity index (χ1) is 27.8. The summed E-state index contributed by atoms with van der Waals surface area (Å²) >= 11 is 0. The minimum absolute atomic E-state index is 0.264. The molecule has 1 unspecified atom stereocenters. The quantitative estimate of drug-likeness (QED) is 0.0382. The van der Waals surface area contributed by atoms with Crippen LogP contribution in [0.3, 0.4) is 0 Å². The van der Waals surface area contributed by atoms with Gasteiger partial charge in [-0.05, 0) is 24.1 Å². The summed E-state index contributed by atoms with van der Waals surface area (Å²) in [6, 6.07) is 0.324. The molecule has 20 nitrogen and oxygen atoms in total. The molecule has 0 aliphatic carbocycles. The molecule has 0 aliphatic rings. The lowest BCUT2D eigenvalue weighted by atomic mass is 10.2. The van der Waals surface area contributed by atoms with Crippen molar-refractivity contribution in [1.82, 2.24) is 0 Å². The van der Waals surface area contributed by atoms with E-state index in [4.69, 9.17) is 46.1 Å². The predicted octanol–water partition coefficient (Wildman–Crippen LogP) is -5.50. The van der Waals surface area contributed by atoms with Crippen molar-refractivity contribution in [3.63, 3.8) is 0 Å². The maximum atomic E-state index is 13.2. The lowest BCUT2D eigenvalue weighted by Crippen LogP contribution is -2.74. The smallest absolute Gasteiger partial charge is 0.381 e. The van der Waals surface area contributed by atoms with Crippen molar-refractivity contribution in [2.24, 2.45) is 0 Å². The van der Waals surface area contributed by atoms with Crippen LogP contribution in [0.15, 0.2) is 0 Å². The van der Waals surface area contributed by atoms with Crippen molar-refractivity contribution in [3.05, 3.63) is 0 Å². The second kappa shape index (κ2) is 33.6. The molecule has 0 aromatic rings. The van der Waals surface area contributed by atoms with Gasteiger partial charge < -0.3 is 91.7 Å². The molecule has 59 heavy (non-hydrogen) atoms. The maximum Gasteiger partial charge on any atom is 0.381 e. The number of hydrogen-bond donors (Lipinski definition) is 3. The molecule has 34 heteroatoms. The highest BCUT2D eigenvalue weighted by Gasteiger charge is 2.57. The van der Waals surface area contributed by atoms with Crippen molar-refractivity contribution in [2.45, 2.75) is 57.9 Å². The average molecular weight is 1080 g/mol. The third-order valence-corrected chi connectivity index (χ3v) is 126. The Morgan fingerprint density at radius 1 is 0.508 bits per heavy atom. The molecule has 0 fully saturated rings. The fourth-order valence-corrected chi connectivity index (χ4v) is 140. The number of rotatable bonds is 40. The molecule has 0 rings (SSSR count). The topological polar surface area (TPSA) is 272 Å². The van der Waals surface area contributed by atoms with Crippen LogP contribution in [0.5, 0.6) is 0 Å². The van der Waals surface area contributed by atoms with Gasteiger partial charge in [0.1, 0.15) is 7.59 Å². The van der Waals surface area contributed by atoms with Crippen LogP contribution in [-0.2, 0) is 77.4 Å². The largest absolute Gasteiger partial charge is 0.458 e. The third kappa shape index (κ3) is 22.7. The van der Waals surface area contributed by atoms with Crippen molar-refractivity contribution in [1.29, 1.82) is 0 Å². The van der Waals surface area contributed by atoms with Gasteiger partial charge in [0.2, 0.25) is 16.2 Å². The Balaban J connectivity index is 4.67. The minimum atomic E-state index is -3.68. The van der Waals surface area contributed by atoms with Crippen LogP contribution in [0.1, 0.15) is 27.2 Å². The summed E-state index contributed by atoms with van der Waals surface area (Å²) in [7, 11) is -36.5. The fraction of sp³-hybridized carbons (Fsp3) is 1.00. The summed E-state index contributed by atoms with van der Waals surface area (Å²) in [4.78, 5) is 30.8.